The summed E-state index contributed by atoms with van der Waals surface area (Å²) in [5, 5.41) is 8.83. The van der Waals surface area contributed by atoms with Gasteiger partial charge in [0.15, 0.2) is 5.82 Å². The molecule has 4 heterocycles. The fraction of sp³-hybridized carbons (Fsp3) is 0.0714. The van der Waals surface area contributed by atoms with Gasteiger partial charge in [0.25, 0.3) is 11.8 Å². The molecule has 0 spiro atoms. The van der Waals surface area contributed by atoms with Crippen LogP contribution >= 0.6 is 0 Å². The third kappa shape index (κ3) is 2.06. The lowest BCUT2D eigenvalue weighted by Gasteiger charge is -2.17. The van der Waals surface area contributed by atoms with E-state index in [1.165, 1.54) is 12.3 Å². The van der Waals surface area contributed by atoms with Gasteiger partial charge in [-0.25, -0.2) is 9.50 Å². The average Bonchev–Trinajstić information content (AvgIpc) is 3.25. The van der Waals surface area contributed by atoms with Gasteiger partial charge in [-0.1, -0.05) is 5.16 Å². The van der Waals surface area contributed by atoms with Crippen LogP contribution in [0.25, 0.3) is 17.1 Å². The van der Waals surface area contributed by atoms with Crippen LogP contribution in [0.5, 0.6) is 0 Å². The van der Waals surface area contributed by atoms with E-state index in [4.69, 9.17) is 4.52 Å². The molecule has 3 aromatic rings. The molecule has 9 heteroatoms. The largest absolute Gasteiger partial charge is 0.353 e. The van der Waals surface area contributed by atoms with Crippen molar-refractivity contribution in [2.24, 2.45) is 0 Å². The van der Waals surface area contributed by atoms with Crippen LogP contribution in [-0.2, 0) is 9.59 Å². The van der Waals surface area contributed by atoms with E-state index in [-0.39, 0.29) is 5.82 Å². The number of imide groups is 1. The zero-order chi connectivity index (χ0) is 16.0. The lowest BCUT2D eigenvalue weighted by Crippen LogP contribution is -2.36. The molecule has 114 valence electrons. The molecule has 0 bridgehead atoms. The van der Waals surface area contributed by atoms with Crippen LogP contribution in [0.4, 0.5) is 5.82 Å². The Morgan fingerprint density at radius 3 is 2.83 bits per heavy atom. The molecule has 0 fully saturated rings. The molecule has 1 aliphatic heterocycles. The predicted octanol–water partition coefficient (Wildman–Crippen LogP) is 1.03. The van der Waals surface area contributed by atoms with E-state index in [2.05, 4.69) is 20.7 Å². The zero-order valence-corrected chi connectivity index (χ0v) is 11.9. The molecule has 2 amide bonds. The molecular weight excluding hydrogens is 300 g/mol. The first-order valence-electron chi connectivity index (χ1n) is 6.73. The van der Waals surface area contributed by atoms with Crippen LogP contribution in [0.2, 0.25) is 0 Å². The van der Waals surface area contributed by atoms with Crippen molar-refractivity contribution in [2.75, 3.05) is 5.43 Å². The van der Waals surface area contributed by atoms with E-state index < -0.39 is 11.8 Å². The molecule has 1 N–H and O–H groups in total. The van der Waals surface area contributed by atoms with Crippen LogP contribution in [-0.4, -0.2) is 36.6 Å². The highest BCUT2D eigenvalue weighted by atomic mass is 16.5. The first-order chi connectivity index (χ1) is 11.1. The number of rotatable bonds is 3. The number of fused-ring (bicyclic) bond motifs is 1. The summed E-state index contributed by atoms with van der Waals surface area (Å²) < 4.78 is 6.62. The Kier molecular flexibility index (Phi) is 2.73. The SMILES string of the molecule is CC1=CC(=O)N(Nc2nc(-c3ccno3)nn3cccc23)C1=O. The molecule has 0 radical (unpaired) electrons. The van der Waals surface area contributed by atoms with Crippen molar-refractivity contribution in [2.45, 2.75) is 6.92 Å². The molecule has 1 aliphatic rings. The lowest BCUT2D eigenvalue weighted by atomic mass is 10.3. The maximum atomic E-state index is 12.0. The maximum absolute atomic E-state index is 12.0. The Bertz CT molecular complexity index is 956. The quantitative estimate of drug-likeness (QED) is 0.720. The van der Waals surface area contributed by atoms with E-state index >= 15 is 0 Å². The standard InChI is InChI=1S/C14H10N6O3/c1-8-7-11(21)20(14(8)22)18-12-9-3-2-6-19(9)17-13(16-12)10-4-5-15-23-10/h2-7H,1H3,(H,16,17,18). The first kappa shape index (κ1) is 13.2. The van der Waals surface area contributed by atoms with E-state index in [0.717, 1.165) is 5.01 Å². The number of carbonyl (C=O) groups is 2. The van der Waals surface area contributed by atoms with Gasteiger partial charge in [0.1, 0.15) is 5.52 Å². The summed E-state index contributed by atoms with van der Waals surface area (Å²) in [6.45, 7) is 1.58. The van der Waals surface area contributed by atoms with Gasteiger partial charge in [0.2, 0.25) is 11.6 Å². The highest BCUT2D eigenvalue weighted by Crippen LogP contribution is 2.22. The van der Waals surface area contributed by atoms with Gasteiger partial charge in [-0.2, -0.15) is 5.01 Å². The Balaban J connectivity index is 1.79. The Morgan fingerprint density at radius 2 is 2.13 bits per heavy atom. The molecule has 23 heavy (non-hydrogen) atoms. The second kappa shape index (κ2) is 4.77. The number of anilines is 1. The Labute approximate surface area is 129 Å². The number of carbonyl (C=O) groups excluding carboxylic acids is 2. The van der Waals surface area contributed by atoms with E-state index in [9.17, 15) is 9.59 Å². The molecule has 0 unspecified atom stereocenters. The topological polar surface area (TPSA) is 106 Å². The van der Waals surface area contributed by atoms with Gasteiger partial charge in [0.05, 0.1) is 6.20 Å². The summed E-state index contributed by atoms with van der Waals surface area (Å²) in [5.41, 5.74) is 3.72. The van der Waals surface area contributed by atoms with Gasteiger partial charge in [0, 0.05) is 23.9 Å². The number of nitrogens with zero attached hydrogens (tertiary/aromatic N) is 5. The minimum atomic E-state index is -0.447. The van der Waals surface area contributed by atoms with Crippen LogP contribution in [0.15, 0.2) is 46.8 Å². The van der Waals surface area contributed by atoms with E-state index in [0.29, 0.717) is 22.7 Å². The fourth-order valence-corrected chi connectivity index (χ4v) is 2.25. The summed E-state index contributed by atoms with van der Waals surface area (Å²) in [4.78, 5) is 28.2. The molecule has 0 atom stereocenters. The monoisotopic (exact) mass is 310 g/mol. The second-order valence-electron chi connectivity index (χ2n) is 4.92. The minimum Gasteiger partial charge on any atom is -0.353 e. The molecular formula is C14H10N6O3. The fourth-order valence-electron chi connectivity index (χ4n) is 2.25. The van der Waals surface area contributed by atoms with Crippen molar-refractivity contribution in [1.29, 1.82) is 0 Å². The smallest absolute Gasteiger partial charge is 0.275 e. The maximum Gasteiger partial charge on any atom is 0.275 e. The molecule has 0 aromatic carbocycles. The summed E-state index contributed by atoms with van der Waals surface area (Å²) in [7, 11) is 0. The molecule has 0 aliphatic carbocycles. The summed E-state index contributed by atoms with van der Waals surface area (Å²) >= 11 is 0. The summed E-state index contributed by atoms with van der Waals surface area (Å²) in [6, 6.07) is 5.15. The van der Waals surface area contributed by atoms with Crippen molar-refractivity contribution < 1.29 is 14.1 Å². The van der Waals surface area contributed by atoms with Gasteiger partial charge >= 0.3 is 0 Å². The highest BCUT2D eigenvalue weighted by molar-refractivity contribution is 6.16. The second-order valence-corrected chi connectivity index (χ2v) is 4.92. The number of hydrazine groups is 1. The third-order valence-corrected chi connectivity index (χ3v) is 3.37. The van der Waals surface area contributed by atoms with Crippen molar-refractivity contribution in [3.05, 3.63) is 42.2 Å². The molecule has 9 nitrogen and oxygen atoms in total. The van der Waals surface area contributed by atoms with Crippen molar-refractivity contribution in [3.63, 3.8) is 0 Å². The molecule has 0 saturated carbocycles. The minimum absolute atomic E-state index is 0.275. The molecule has 3 aromatic heterocycles. The zero-order valence-electron chi connectivity index (χ0n) is 11.9. The lowest BCUT2D eigenvalue weighted by molar-refractivity contribution is -0.135. The van der Waals surface area contributed by atoms with E-state index in [1.54, 1.807) is 35.8 Å². The number of amides is 2. The Morgan fingerprint density at radius 1 is 1.26 bits per heavy atom. The van der Waals surface area contributed by atoms with Crippen molar-refractivity contribution in [3.8, 4) is 11.6 Å². The summed E-state index contributed by atoms with van der Waals surface area (Å²) in [5.74, 6) is 0.0901. The van der Waals surface area contributed by atoms with Gasteiger partial charge in [-0.3, -0.25) is 15.0 Å². The number of aromatic nitrogens is 4. The molecule has 0 saturated heterocycles. The van der Waals surface area contributed by atoms with E-state index in [1.807, 2.05) is 0 Å². The highest BCUT2D eigenvalue weighted by Gasteiger charge is 2.29. The van der Waals surface area contributed by atoms with Gasteiger partial charge in [-0.05, 0) is 19.1 Å². The summed E-state index contributed by atoms with van der Waals surface area (Å²) in [6.07, 6.45) is 4.47. The first-order valence-corrected chi connectivity index (χ1v) is 6.73. The van der Waals surface area contributed by atoms with Crippen LogP contribution in [0.1, 0.15) is 6.92 Å². The van der Waals surface area contributed by atoms with Crippen LogP contribution in [0, 0.1) is 0 Å². The van der Waals surface area contributed by atoms with Gasteiger partial charge < -0.3 is 4.52 Å². The Hall–Kier alpha value is -3.49. The van der Waals surface area contributed by atoms with Crippen LogP contribution in [0.3, 0.4) is 0 Å². The van der Waals surface area contributed by atoms with Crippen molar-refractivity contribution >= 4 is 23.1 Å². The number of nitrogens with one attached hydrogen (secondary N) is 1. The number of hydrogen-bond acceptors (Lipinski definition) is 7. The van der Waals surface area contributed by atoms with Gasteiger partial charge in [-0.15, -0.1) is 5.10 Å². The van der Waals surface area contributed by atoms with Crippen LogP contribution < -0.4 is 5.43 Å². The van der Waals surface area contributed by atoms with Crippen molar-refractivity contribution in [1.82, 2.24) is 24.8 Å². The normalized spacial score (nSPS) is 14.7. The third-order valence-electron chi connectivity index (χ3n) is 3.37. The molecule has 4 rings (SSSR count). The predicted molar refractivity (Wildman–Crippen MR) is 77.7 cm³/mol. The number of hydrogen-bond donors (Lipinski definition) is 1. The average molecular weight is 310 g/mol.